The Kier molecular flexibility index (Phi) is 4.43. The Bertz CT molecular complexity index is 669. The van der Waals surface area contributed by atoms with Crippen LogP contribution in [0, 0.1) is 11.8 Å². The molecule has 0 aromatic carbocycles. The first-order valence-electron chi connectivity index (χ1n) is 6.32. The maximum absolute atomic E-state index is 12.3. The molecule has 1 unspecified atom stereocenters. The van der Waals surface area contributed by atoms with E-state index in [-0.39, 0.29) is 5.95 Å². The Morgan fingerprint density at radius 3 is 2.91 bits per heavy atom. The number of anilines is 1. The van der Waals surface area contributed by atoms with Gasteiger partial charge in [0.1, 0.15) is 25.2 Å². The fraction of sp³-hybridized carbons (Fsp3) is 0.583. The molecule has 0 spiro atoms. The first-order chi connectivity index (χ1) is 10.3. The molecule has 2 rings (SSSR count). The van der Waals surface area contributed by atoms with Crippen LogP contribution in [0.25, 0.3) is 0 Å². The number of aromatic nitrogens is 3. The van der Waals surface area contributed by atoms with Crippen molar-refractivity contribution in [3.63, 3.8) is 0 Å². The number of aliphatic hydroxyl groups is 3. The van der Waals surface area contributed by atoms with Crippen LogP contribution in [0.1, 0.15) is 13.2 Å². The third-order valence-corrected chi connectivity index (χ3v) is 3.25. The largest absolute Gasteiger partial charge is 0.391 e. The number of alkyl halides is 1. The van der Waals surface area contributed by atoms with Gasteiger partial charge in [-0.2, -0.15) is 4.98 Å². The first kappa shape index (κ1) is 16.3. The van der Waals surface area contributed by atoms with Gasteiger partial charge in [0.2, 0.25) is 5.95 Å². The molecule has 10 heteroatoms. The second-order valence-corrected chi connectivity index (χ2v) is 4.80. The maximum Gasteiger partial charge on any atom is 0.354 e. The van der Waals surface area contributed by atoms with Crippen LogP contribution < -0.4 is 11.4 Å². The summed E-state index contributed by atoms with van der Waals surface area (Å²) in [5.74, 6) is 3.83. The molecule has 0 amide bonds. The summed E-state index contributed by atoms with van der Waals surface area (Å²) in [5.41, 5.74) is 2.04. The molecule has 0 aliphatic carbocycles. The topological polar surface area (TPSA) is 144 Å². The monoisotopic (exact) mass is 314 g/mol. The summed E-state index contributed by atoms with van der Waals surface area (Å²) in [6, 6.07) is 0. The van der Waals surface area contributed by atoms with Gasteiger partial charge in [-0.3, -0.25) is 4.57 Å². The van der Waals surface area contributed by atoms with Crippen molar-refractivity contribution in [1.82, 2.24) is 14.5 Å². The number of nitrogen functional groups attached to an aromatic ring is 1. The van der Waals surface area contributed by atoms with Crippen LogP contribution in [0.15, 0.2) is 11.1 Å². The number of halogens is 1. The summed E-state index contributed by atoms with van der Waals surface area (Å²) < 4.78 is 18.4. The Hall–Kier alpha value is -2.06. The van der Waals surface area contributed by atoms with Crippen LogP contribution in [-0.4, -0.2) is 60.4 Å². The second kappa shape index (κ2) is 5.98. The third-order valence-electron chi connectivity index (χ3n) is 3.25. The quantitative estimate of drug-likeness (QED) is 0.441. The Morgan fingerprint density at radius 2 is 2.36 bits per heavy atom. The standard InChI is InChI=1S/C12H15FN4O5/c1-6(18)7-8(19)12(21,3-2-4-13)9(22-7)17-5-15-10(14)16-11(17)20/h5-9,18-19,21H,4H2,1H3,(H2,14,16,20)/t6-,7-,8?,9-,12-/m1/s1. The fourth-order valence-electron chi connectivity index (χ4n) is 2.21. The highest BCUT2D eigenvalue weighted by Crippen LogP contribution is 2.38. The molecule has 1 aliphatic rings. The fourth-order valence-corrected chi connectivity index (χ4v) is 2.21. The molecule has 1 aliphatic heterocycles. The molecule has 2 heterocycles. The summed E-state index contributed by atoms with van der Waals surface area (Å²) in [7, 11) is 0. The van der Waals surface area contributed by atoms with Crippen molar-refractivity contribution >= 4 is 5.95 Å². The smallest absolute Gasteiger partial charge is 0.354 e. The lowest BCUT2D eigenvalue weighted by atomic mass is 9.93. The van der Waals surface area contributed by atoms with Crippen LogP contribution in [0.3, 0.4) is 0 Å². The zero-order valence-corrected chi connectivity index (χ0v) is 11.5. The Morgan fingerprint density at radius 1 is 1.68 bits per heavy atom. The van der Waals surface area contributed by atoms with E-state index in [9.17, 15) is 24.5 Å². The molecule has 0 bridgehead atoms. The van der Waals surface area contributed by atoms with Gasteiger partial charge in [0, 0.05) is 0 Å². The van der Waals surface area contributed by atoms with Crippen molar-refractivity contribution in [3.8, 4) is 11.8 Å². The summed E-state index contributed by atoms with van der Waals surface area (Å²) in [5, 5.41) is 30.3. The van der Waals surface area contributed by atoms with Gasteiger partial charge in [0.15, 0.2) is 11.8 Å². The van der Waals surface area contributed by atoms with Crippen molar-refractivity contribution in [2.24, 2.45) is 0 Å². The van der Waals surface area contributed by atoms with Gasteiger partial charge >= 0.3 is 5.69 Å². The molecule has 120 valence electrons. The molecule has 1 aromatic heterocycles. The predicted molar refractivity (Wildman–Crippen MR) is 71.0 cm³/mol. The lowest BCUT2D eigenvalue weighted by molar-refractivity contribution is -0.0888. The number of nitrogens with two attached hydrogens (primary N) is 1. The minimum Gasteiger partial charge on any atom is -0.391 e. The number of hydrogen-bond acceptors (Lipinski definition) is 8. The van der Waals surface area contributed by atoms with Crippen molar-refractivity contribution < 1.29 is 24.4 Å². The highest BCUT2D eigenvalue weighted by atomic mass is 19.1. The van der Waals surface area contributed by atoms with E-state index >= 15 is 0 Å². The van der Waals surface area contributed by atoms with Crippen molar-refractivity contribution in [1.29, 1.82) is 0 Å². The van der Waals surface area contributed by atoms with E-state index in [2.05, 4.69) is 15.9 Å². The lowest BCUT2D eigenvalue weighted by Gasteiger charge is -2.26. The van der Waals surface area contributed by atoms with Crippen LogP contribution >= 0.6 is 0 Å². The first-order valence-corrected chi connectivity index (χ1v) is 6.32. The van der Waals surface area contributed by atoms with Crippen LogP contribution in [0.4, 0.5) is 10.3 Å². The minimum atomic E-state index is -2.32. The third kappa shape index (κ3) is 2.67. The van der Waals surface area contributed by atoms with E-state index in [1.54, 1.807) is 0 Å². The van der Waals surface area contributed by atoms with E-state index in [1.165, 1.54) is 6.92 Å². The number of hydrogen-bond donors (Lipinski definition) is 4. The molecule has 5 atom stereocenters. The maximum atomic E-state index is 12.3. The molecule has 22 heavy (non-hydrogen) atoms. The molecule has 1 saturated heterocycles. The molecule has 9 nitrogen and oxygen atoms in total. The number of rotatable bonds is 2. The summed E-state index contributed by atoms with van der Waals surface area (Å²) in [6.45, 7) is 0.246. The Balaban J connectivity index is 2.53. The number of ether oxygens (including phenoxy) is 1. The molecule has 0 radical (unpaired) electrons. The SMILES string of the molecule is C[C@@H](O)[C@H]1O[C@@H](n2cnc(N)nc2=O)[C@@](O)(C#CCF)C1O. The summed E-state index contributed by atoms with van der Waals surface area (Å²) >= 11 is 0. The van der Waals surface area contributed by atoms with E-state index in [1.807, 2.05) is 5.92 Å². The minimum absolute atomic E-state index is 0.287. The van der Waals surface area contributed by atoms with Crippen molar-refractivity contribution in [2.45, 2.75) is 37.1 Å². The number of nitrogens with zero attached hydrogens (tertiary/aromatic N) is 3. The highest BCUT2D eigenvalue weighted by molar-refractivity contribution is 5.23. The molecule has 1 aromatic rings. The zero-order chi connectivity index (χ0) is 16.5. The van der Waals surface area contributed by atoms with Gasteiger partial charge in [0.25, 0.3) is 0 Å². The lowest BCUT2D eigenvalue weighted by Crippen LogP contribution is -2.48. The van der Waals surface area contributed by atoms with Gasteiger partial charge in [-0.1, -0.05) is 11.8 Å². The van der Waals surface area contributed by atoms with E-state index in [4.69, 9.17) is 10.5 Å². The highest BCUT2D eigenvalue weighted by Gasteiger charge is 2.57. The van der Waals surface area contributed by atoms with Crippen LogP contribution in [-0.2, 0) is 4.74 Å². The normalized spacial score (nSPS) is 32.3. The average molecular weight is 314 g/mol. The zero-order valence-electron chi connectivity index (χ0n) is 11.5. The van der Waals surface area contributed by atoms with Crippen LogP contribution in [0.2, 0.25) is 0 Å². The molecule has 5 N–H and O–H groups in total. The predicted octanol–water partition coefficient (Wildman–Crippen LogP) is -2.44. The molecule has 0 saturated carbocycles. The van der Waals surface area contributed by atoms with E-state index in [0.29, 0.717) is 0 Å². The van der Waals surface area contributed by atoms with Crippen LogP contribution in [0.5, 0.6) is 0 Å². The summed E-state index contributed by atoms with van der Waals surface area (Å²) in [4.78, 5) is 18.8. The van der Waals surface area contributed by atoms with Crippen molar-refractivity contribution in [2.75, 3.05) is 12.4 Å². The summed E-state index contributed by atoms with van der Waals surface area (Å²) in [6.07, 6.45) is -4.68. The average Bonchev–Trinajstić information content (AvgIpc) is 2.70. The van der Waals surface area contributed by atoms with Gasteiger partial charge in [-0.15, -0.1) is 0 Å². The van der Waals surface area contributed by atoms with Gasteiger partial charge < -0.3 is 25.8 Å². The molecular weight excluding hydrogens is 299 g/mol. The van der Waals surface area contributed by atoms with Gasteiger partial charge in [-0.25, -0.2) is 14.2 Å². The van der Waals surface area contributed by atoms with Crippen molar-refractivity contribution in [3.05, 3.63) is 16.8 Å². The van der Waals surface area contributed by atoms with Gasteiger partial charge in [0.05, 0.1) is 6.10 Å². The van der Waals surface area contributed by atoms with E-state index < -0.39 is 42.5 Å². The number of aliphatic hydroxyl groups excluding tert-OH is 2. The second-order valence-electron chi connectivity index (χ2n) is 4.80. The molecule has 1 fully saturated rings. The molecular formula is C12H15FN4O5. The van der Waals surface area contributed by atoms with Gasteiger partial charge in [-0.05, 0) is 6.92 Å². The van der Waals surface area contributed by atoms with E-state index in [0.717, 1.165) is 10.9 Å². The Labute approximate surface area is 124 Å².